The number of thioether (sulfide) groups is 1. The second-order valence-electron chi connectivity index (χ2n) is 7.45. The Hall–Kier alpha value is -3.72. The van der Waals surface area contributed by atoms with Gasteiger partial charge >= 0.3 is 0 Å². The molecule has 4 rings (SSSR count). The number of halogens is 2. The van der Waals surface area contributed by atoms with Gasteiger partial charge in [-0.15, -0.1) is 0 Å². The highest BCUT2D eigenvalue weighted by atomic mass is 32.2. The van der Waals surface area contributed by atoms with Crippen molar-refractivity contribution in [3.8, 4) is 5.75 Å². The van der Waals surface area contributed by atoms with Crippen LogP contribution in [0.4, 0.5) is 20.2 Å². The molecule has 0 unspecified atom stereocenters. The molecule has 3 aromatic rings. The van der Waals surface area contributed by atoms with Gasteiger partial charge < -0.3 is 10.1 Å². The minimum atomic E-state index is -0.857. The van der Waals surface area contributed by atoms with Crippen LogP contribution in [-0.2, 0) is 16.1 Å². The lowest BCUT2D eigenvalue weighted by molar-refractivity contribution is -0.129. The molecule has 1 saturated heterocycles. The summed E-state index contributed by atoms with van der Waals surface area (Å²) in [4.78, 5) is 31.7. The molecule has 0 radical (unpaired) electrons. The lowest BCUT2D eigenvalue weighted by Crippen LogP contribution is -2.44. The van der Waals surface area contributed by atoms with Gasteiger partial charge in [-0.3, -0.25) is 14.5 Å². The molecule has 0 aliphatic carbocycles. The first-order chi connectivity index (χ1) is 16.4. The molecule has 1 aliphatic rings. The number of carbonyl (C=O) groups is 2. The molecule has 0 bridgehead atoms. The number of nitrogens with one attached hydrogen (secondary N) is 1. The van der Waals surface area contributed by atoms with Crippen LogP contribution >= 0.6 is 11.8 Å². The van der Waals surface area contributed by atoms with E-state index in [9.17, 15) is 18.4 Å². The average Bonchev–Trinajstić information content (AvgIpc) is 2.84. The van der Waals surface area contributed by atoms with E-state index >= 15 is 0 Å². The van der Waals surface area contributed by atoms with Crippen LogP contribution in [0.1, 0.15) is 12.0 Å². The predicted molar refractivity (Wildman–Crippen MR) is 128 cm³/mol. The maximum Gasteiger partial charge on any atom is 0.238 e. The number of rotatable bonds is 6. The number of anilines is 1. The fraction of sp³-hybridized carbons (Fsp3) is 0.160. The van der Waals surface area contributed by atoms with Crippen molar-refractivity contribution in [1.82, 2.24) is 4.90 Å². The first-order valence-electron chi connectivity index (χ1n) is 10.4. The summed E-state index contributed by atoms with van der Waals surface area (Å²) in [5, 5.41) is 1.85. The molecule has 3 aromatic carbocycles. The van der Waals surface area contributed by atoms with Gasteiger partial charge in [0, 0.05) is 6.42 Å². The maximum atomic E-state index is 14.3. The van der Waals surface area contributed by atoms with Crippen LogP contribution in [0.15, 0.2) is 77.8 Å². The number of aliphatic imine (C=N–C) groups is 1. The van der Waals surface area contributed by atoms with Gasteiger partial charge in [0.15, 0.2) is 5.17 Å². The van der Waals surface area contributed by atoms with Crippen molar-refractivity contribution < 1.29 is 23.1 Å². The Morgan fingerprint density at radius 1 is 1.06 bits per heavy atom. The number of ether oxygens (including phenoxy) is 1. The summed E-state index contributed by atoms with van der Waals surface area (Å²) in [7, 11) is 1.56. The third-order valence-corrected chi connectivity index (χ3v) is 6.32. The molecular formula is C25H21F2N3O3S. The zero-order chi connectivity index (χ0) is 24.1. The number of nitrogens with zero attached hydrogens (tertiary/aromatic N) is 2. The molecule has 6 nitrogen and oxygen atoms in total. The minimum Gasteiger partial charge on any atom is -0.497 e. The normalized spacial score (nSPS) is 17.0. The summed E-state index contributed by atoms with van der Waals surface area (Å²) < 4.78 is 33.5. The molecule has 1 aliphatic heterocycles. The summed E-state index contributed by atoms with van der Waals surface area (Å²) in [6.45, 7) is 0.185. The van der Waals surface area contributed by atoms with Gasteiger partial charge in [0.25, 0.3) is 0 Å². The number of para-hydroxylation sites is 2. The number of amides is 2. The summed E-state index contributed by atoms with van der Waals surface area (Å²) in [6, 6.07) is 18.9. The van der Waals surface area contributed by atoms with E-state index in [0.29, 0.717) is 5.75 Å². The van der Waals surface area contributed by atoms with Crippen LogP contribution in [0.25, 0.3) is 0 Å². The van der Waals surface area contributed by atoms with Gasteiger partial charge in [-0.2, -0.15) is 0 Å². The summed E-state index contributed by atoms with van der Waals surface area (Å²) >= 11 is 1.04. The molecule has 174 valence electrons. The molecule has 0 spiro atoms. The van der Waals surface area contributed by atoms with Gasteiger partial charge in [0.2, 0.25) is 11.8 Å². The fourth-order valence-electron chi connectivity index (χ4n) is 3.33. The van der Waals surface area contributed by atoms with E-state index < -0.39 is 22.8 Å². The SMILES string of the molecule is COc1ccc(CN2C(=O)C[C@@H](C(=O)Nc3ccccc3F)SC2=Nc2ccccc2F)cc1. The molecule has 1 N–H and O–H groups in total. The van der Waals surface area contributed by atoms with Gasteiger partial charge in [0.05, 0.1) is 19.3 Å². The summed E-state index contributed by atoms with van der Waals surface area (Å²) in [5.41, 5.74) is 0.881. The van der Waals surface area contributed by atoms with Crippen LogP contribution in [0.5, 0.6) is 5.75 Å². The smallest absolute Gasteiger partial charge is 0.238 e. The van der Waals surface area contributed by atoms with E-state index in [0.717, 1.165) is 17.3 Å². The molecular weight excluding hydrogens is 460 g/mol. The number of hydrogen-bond acceptors (Lipinski definition) is 5. The Bertz CT molecular complexity index is 1230. The molecule has 1 fully saturated rings. The van der Waals surface area contributed by atoms with E-state index in [2.05, 4.69) is 10.3 Å². The Morgan fingerprint density at radius 3 is 2.41 bits per heavy atom. The highest BCUT2D eigenvalue weighted by Gasteiger charge is 2.36. The van der Waals surface area contributed by atoms with E-state index in [1.165, 1.54) is 41.3 Å². The van der Waals surface area contributed by atoms with Crippen molar-refractivity contribution in [1.29, 1.82) is 0 Å². The molecule has 9 heteroatoms. The molecule has 34 heavy (non-hydrogen) atoms. The Kier molecular flexibility index (Phi) is 7.22. The largest absolute Gasteiger partial charge is 0.497 e. The van der Waals surface area contributed by atoms with Crippen molar-refractivity contribution in [2.45, 2.75) is 18.2 Å². The van der Waals surface area contributed by atoms with Crippen molar-refractivity contribution in [3.05, 3.63) is 90.0 Å². The van der Waals surface area contributed by atoms with Crippen LogP contribution in [-0.4, -0.2) is 34.2 Å². The van der Waals surface area contributed by atoms with E-state index in [1.54, 1.807) is 31.4 Å². The molecule has 0 aromatic heterocycles. The van der Waals surface area contributed by atoms with Gasteiger partial charge in [-0.05, 0) is 42.0 Å². The third kappa shape index (κ3) is 5.43. The minimum absolute atomic E-state index is 0.0220. The van der Waals surface area contributed by atoms with Crippen LogP contribution in [0.3, 0.4) is 0 Å². The van der Waals surface area contributed by atoms with E-state index in [1.807, 2.05) is 12.1 Å². The fourth-order valence-corrected chi connectivity index (χ4v) is 4.42. The monoisotopic (exact) mass is 481 g/mol. The average molecular weight is 482 g/mol. The Labute approximate surface area is 199 Å². The van der Waals surface area contributed by atoms with Gasteiger partial charge in [-0.25, -0.2) is 13.8 Å². The topological polar surface area (TPSA) is 71.0 Å². The third-order valence-electron chi connectivity index (χ3n) is 5.13. The first-order valence-corrected chi connectivity index (χ1v) is 11.3. The number of benzene rings is 3. The van der Waals surface area contributed by atoms with Gasteiger partial charge in [-0.1, -0.05) is 48.2 Å². The van der Waals surface area contributed by atoms with Crippen molar-refractivity contribution in [2.75, 3.05) is 12.4 Å². The number of hydrogen-bond donors (Lipinski definition) is 1. The second kappa shape index (κ2) is 10.5. The van der Waals surface area contributed by atoms with Crippen LogP contribution in [0, 0.1) is 11.6 Å². The maximum absolute atomic E-state index is 14.3. The van der Waals surface area contributed by atoms with Gasteiger partial charge in [0.1, 0.15) is 28.3 Å². The molecule has 0 saturated carbocycles. The van der Waals surface area contributed by atoms with Crippen LogP contribution < -0.4 is 10.1 Å². The lowest BCUT2D eigenvalue weighted by Gasteiger charge is -2.32. The predicted octanol–water partition coefficient (Wildman–Crippen LogP) is 5.13. The van der Waals surface area contributed by atoms with Crippen molar-refractivity contribution in [3.63, 3.8) is 0 Å². The van der Waals surface area contributed by atoms with Crippen molar-refractivity contribution in [2.24, 2.45) is 4.99 Å². The Morgan fingerprint density at radius 2 is 1.74 bits per heavy atom. The molecule has 1 atom stereocenters. The Balaban J connectivity index is 1.61. The van der Waals surface area contributed by atoms with Crippen LogP contribution in [0.2, 0.25) is 0 Å². The second-order valence-corrected chi connectivity index (χ2v) is 8.62. The summed E-state index contributed by atoms with van der Waals surface area (Å²) in [5.74, 6) is -1.34. The molecule has 2 amide bonds. The quantitative estimate of drug-likeness (QED) is 0.530. The number of methoxy groups -OCH3 is 1. The van der Waals surface area contributed by atoms with E-state index in [4.69, 9.17) is 4.74 Å². The highest BCUT2D eigenvalue weighted by molar-refractivity contribution is 8.15. The number of amidine groups is 1. The summed E-state index contributed by atoms with van der Waals surface area (Å²) in [6.07, 6.45) is -0.114. The first kappa shape index (κ1) is 23.4. The highest BCUT2D eigenvalue weighted by Crippen LogP contribution is 2.32. The number of carbonyl (C=O) groups excluding carboxylic acids is 2. The van der Waals surface area contributed by atoms with E-state index in [-0.39, 0.29) is 35.4 Å². The van der Waals surface area contributed by atoms with Crippen molar-refractivity contribution >= 4 is 40.1 Å². The molecule has 1 heterocycles. The standard InChI is InChI=1S/C25H21F2N3O3S/c1-33-17-12-10-16(11-13-17)15-30-23(31)14-22(24(32)28-20-8-4-2-6-18(20)26)34-25(30)29-21-9-5-3-7-19(21)27/h2-13,22H,14-15H2,1H3,(H,28,32)/t22-/m0/s1. The zero-order valence-corrected chi connectivity index (χ0v) is 19.0. The zero-order valence-electron chi connectivity index (χ0n) is 18.2. The lowest BCUT2D eigenvalue weighted by atomic mass is 10.2.